The molecule has 0 saturated carbocycles. The van der Waals surface area contributed by atoms with Crippen LogP contribution in [0.5, 0.6) is 11.5 Å². The highest BCUT2D eigenvalue weighted by atomic mass is 16.3. The molecule has 0 atom stereocenters. The fourth-order valence-electron chi connectivity index (χ4n) is 4.38. The van der Waals surface area contributed by atoms with E-state index in [9.17, 15) is 10.2 Å². The van der Waals surface area contributed by atoms with Gasteiger partial charge >= 0.3 is 0 Å². The molecule has 6 nitrogen and oxygen atoms in total. The molecular weight excluding hydrogens is 424 g/mol. The third-order valence-electron chi connectivity index (χ3n) is 5.45. The van der Waals surface area contributed by atoms with Gasteiger partial charge < -0.3 is 28.1 Å². The number of phenols is 2. The van der Waals surface area contributed by atoms with E-state index in [2.05, 4.69) is 109 Å². The Morgan fingerprint density at radius 2 is 0.588 bits per heavy atom. The molecule has 2 rings (SSSR count). The molecule has 0 radical (unpaired) electrons. The van der Waals surface area contributed by atoms with Gasteiger partial charge in [0, 0.05) is 22.3 Å². The SMILES string of the molecule is C[N+](C)(C)Cc1cc(-c2cc(C[N+](C)(C)C)c(O)c(C[N+](C)(C)C)c2)cc(C[N+](C)(C)C)c1O. The first kappa shape index (κ1) is 28.1. The highest BCUT2D eigenvalue weighted by molar-refractivity contribution is 5.70. The molecule has 0 aliphatic rings. The maximum Gasteiger partial charge on any atom is 0.133 e. The largest absolute Gasteiger partial charge is 0.507 e. The monoisotopic (exact) mass is 474 g/mol. The summed E-state index contributed by atoms with van der Waals surface area (Å²) in [6, 6.07) is 8.54. The molecule has 0 heterocycles. The average Bonchev–Trinajstić information content (AvgIpc) is 2.56. The quantitative estimate of drug-likeness (QED) is 0.546. The lowest BCUT2D eigenvalue weighted by molar-refractivity contribution is -0.884. The lowest BCUT2D eigenvalue weighted by Crippen LogP contribution is -2.35. The van der Waals surface area contributed by atoms with Crippen LogP contribution in [-0.4, -0.2) is 113 Å². The molecule has 0 bridgehead atoms. The summed E-state index contributed by atoms with van der Waals surface area (Å²) in [5.41, 5.74) is 6.03. The molecule has 0 saturated heterocycles. The summed E-state index contributed by atoms with van der Waals surface area (Å²) in [6.45, 7) is 2.94. The fraction of sp³-hybridized carbons (Fsp3) is 0.571. The molecule has 2 aromatic carbocycles. The van der Waals surface area contributed by atoms with Crippen molar-refractivity contribution in [1.29, 1.82) is 0 Å². The van der Waals surface area contributed by atoms with Gasteiger partial charge in [0.15, 0.2) is 0 Å². The van der Waals surface area contributed by atoms with Crippen molar-refractivity contribution in [3.05, 3.63) is 46.5 Å². The summed E-state index contributed by atoms with van der Waals surface area (Å²) < 4.78 is 2.93. The number of nitrogens with zero attached hydrogens (tertiary/aromatic N) is 4. The summed E-state index contributed by atoms with van der Waals surface area (Å²) in [7, 11) is 25.7. The summed E-state index contributed by atoms with van der Waals surface area (Å²) in [5.74, 6) is 0.809. The van der Waals surface area contributed by atoms with Crippen molar-refractivity contribution in [3.63, 3.8) is 0 Å². The van der Waals surface area contributed by atoms with Crippen molar-refractivity contribution in [3.8, 4) is 22.6 Å². The number of rotatable bonds is 9. The first-order valence-corrected chi connectivity index (χ1v) is 12.1. The van der Waals surface area contributed by atoms with Gasteiger partial charge in [-0.1, -0.05) is 0 Å². The molecule has 34 heavy (non-hydrogen) atoms. The maximum atomic E-state index is 11.2. The third kappa shape index (κ3) is 8.58. The standard InChI is InChI=1S/C28H48N4O2/c1-29(2,3)17-23-13-21(14-24(27(23)33)18-30(4,5)6)22-15-25(19-31(7,8)9)28(34)26(16-22)20-32(10,11)12/h13-16H,17-20H2,1-12H3/q+2/p+2. The van der Waals surface area contributed by atoms with Crippen LogP contribution in [0.1, 0.15) is 22.3 Å². The van der Waals surface area contributed by atoms with Crippen LogP contribution >= 0.6 is 0 Å². The Kier molecular flexibility index (Phi) is 7.85. The van der Waals surface area contributed by atoms with Crippen molar-refractivity contribution in [2.75, 3.05) is 84.6 Å². The highest BCUT2D eigenvalue weighted by Crippen LogP contribution is 2.37. The van der Waals surface area contributed by atoms with Gasteiger partial charge in [-0.2, -0.15) is 0 Å². The second kappa shape index (κ2) is 9.50. The topological polar surface area (TPSA) is 40.5 Å². The van der Waals surface area contributed by atoms with E-state index in [0.717, 1.165) is 77.5 Å². The van der Waals surface area contributed by atoms with Crippen LogP contribution in [0.15, 0.2) is 24.3 Å². The van der Waals surface area contributed by atoms with Gasteiger partial charge in [0.25, 0.3) is 0 Å². The van der Waals surface area contributed by atoms with E-state index < -0.39 is 0 Å². The minimum atomic E-state index is 0.404. The van der Waals surface area contributed by atoms with Crippen molar-refractivity contribution in [1.82, 2.24) is 0 Å². The molecule has 0 fully saturated rings. The zero-order valence-electron chi connectivity index (χ0n) is 23.8. The molecule has 0 aliphatic heterocycles. The van der Waals surface area contributed by atoms with E-state index in [-0.39, 0.29) is 0 Å². The summed E-state index contributed by atoms with van der Waals surface area (Å²) in [6.07, 6.45) is 0. The van der Waals surface area contributed by atoms with Crippen LogP contribution in [0.2, 0.25) is 0 Å². The normalized spacial score (nSPS) is 13.4. The second-order valence-corrected chi connectivity index (χ2v) is 14.1. The molecule has 0 aliphatic carbocycles. The maximum absolute atomic E-state index is 11.2. The van der Waals surface area contributed by atoms with Crippen molar-refractivity contribution in [2.24, 2.45) is 0 Å². The highest BCUT2D eigenvalue weighted by Gasteiger charge is 2.24. The van der Waals surface area contributed by atoms with E-state index in [1.54, 1.807) is 0 Å². The molecule has 0 amide bonds. The zero-order chi connectivity index (χ0) is 26.3. The Morgan fingerprint density at radius 3 is 0.735 bits per heavy atom. The lowest BCUT2D eigenvalue weighted by Gasteiger charge is -2.29. The van der Waals surface area contributed by atoms with Crippen molar-refractivity contribution >= 4 is 0 Å². The first-order valence-electron chi connectivity index (χ1n) is 12.1. The van der Waals surface area contributed by atoms with Crippen LogP contribution in [0.25, 0.3) is 11.1 Å². The number of hydrogen-bond acceptors (Lipinski definition) is 2. The van der Waals surface area contributed by atoms with E-state index >= 15 is 0 Å². The Balaban J connectivity index is 2.78. The first-order chi connectivity index (χ1) is 15.1. The molecule has 2 aromatic rings. The number of hydrogen-bond donors (Lipinski definition) is 2. The summed E-state index contributed by atoms with van der Waals surface area (Å²) in [5, 5.41) is 22.4. The molecule has 0 aromatic heterocycles. The van der Waals surface area contributed by atoms with Gasteiger partial charge in [0.05, 0.1) is 84.6 Å². The molecule has 2 N–H and O–H groups in total. The van der Waals surface area contributed by atoms with E-state index in [1.165, 1.54) is 0 Å². The Labute approximate surface area is 208 Å². The smallest absolute Gasteiger partial charge is 0.133 e. The molecular formula is C28H50N4O2+4. The van der Waals surface area contributed by atoms with Crippen LogP contribution < -0.4 is 0 Å². The number of benzene rings is 2. The van der Waals surface area contributed by atoms with E-state index in [1.807, 2.05) is 0 Å². The Bertz CT molecular complexity index is 859. The van der Waals surface area contributed by atoms with Crippen LogP contribution in [0.4, 0.5) is 0 Å². The van der Waals surface area contributed by atoms with Crippen LogP contribution in [-0.2, 0) is 26.2 Å². The fourth-order valence-corrected chi connectivity index (χ4v) is 4.38. The predicted octanol–water partition coefficient (Wildman–Crippen LogP) is 3.59. The van der Waals surface area contributed by atoms with Crippen molar-refractivity contribution < 1.29 is 28.1 Å². The van der Waals surface area contributed by atoms with Gasteiger partial charge in [0.1, 0.15) is 37.7 Å². The number of quaternary nitrogens is 4. The zero-order valence-corrected chi connectivity index (χ0v) is 23.8. The van der Waals surface area contributed by atoms with Crippen LogP contribution in [0.3, 0.4) is 0 Å². The summed E-state index contributed by atoms with van der Waals surface area (Å²) in [4.78, 5) is 0. The second-order valence-electron chi connectivity index (χ2n) is 14.1. The number of phenolic OH excluding ortho intramolecular Hbond substituents is 2. The van der Waals surface area contributed by atoms with E-state index in [4.69, 9.17) is 0 Å². The van der Waals surface area contributed by atoms with Gasteiger partial charge in [-0.15, -0.1) is 0 Å². The predicted molar refractivity (Wildman–Crippen MR) is 142 cm³/mol. The molecule has 0 unspecified atom stereocenters. The van der Waals surface area contributed by atoms with Gasteiger partial charge in [-0.3, -0.25) is 0 Å². The van der Waals surface area contributed by atoms with Gasteiger partial charge in [-0.25, -0.2) is 0 Å². The Morgan fingerprint density at radius 1 is 0.412 bits per heavy atom. The van der Waals surface area contributed by atoms with E-state index in [0.29, 0.717) is 11.5 Å². The molecule has 190 valence electrons. The third-order valence-corrected chi connectivity index (χ3v) is 5.45. The van der Waals surface area contributed by atoms with Crippen LogP contribution in [0, 0.1) is 0 Å². The average molecular weight is 475 g/mol. The minimum Gasteiger partial charge on any atom is -0.507 e. The lowest BCUT2D eigenvalue weighted by atomic mass is 9.93. The van der Waals surface area contributed by atoms with Gasteiger partial charge in [0.2, 0.25) is 0 Å². The van der Waals surface area contributed by atoms with Gasteiger partial charge in [-0.05, 0) is 35.4 Å². The molecule has 0 spiro atoms. The Hall–Kier alpha value is -2.12. The minimum absolute atomic E-state index is 0.404. The number of aromatic hydroxyl groups is 2. The summed E-state index contributed by atoms with van der Waals surface area (Å²) >= 11 is 0. The van der Waals surface area contributed by atoms with Crippen molar-refractivity contribution in [2.45, 2.75) is 26.2 Å². The molecule has 6 heteroatoms.